The lowest BCUT2D eigenvalue weighted by molar-refractivity contribution is 0.110. The fraction of sp³-hybridized carbons (Fsp3) is 0.571. The standard InChI is InChI=1S/C14H18BrF3OS/c1-14(2,3)20(19)7-6-10(13(17)18)11-8-9(15)4-5-12(11)16/h4-5,8,10,13H,6-7H2,1-3H3/t10-,20?/m1/s1. The second-order valence-corrected chi connectivity index (χ2v) is 8.80. The third kappa shape index (κ3) is 4.97. The van der Waals surface area contributed by atoms with E-state index in [-0.39, 0.29) is 17.7 Å². The van der Waals surface area contributed by atoms with Gasteiger partial charge in [0.1, 0.15) is 16.3 Å². The Labute approximate surface area is 129 Å². The molecule has 0 spiro atoms. The third-order valence-electron chi connectivity index (χ3n) is 2.96. The maximum absolute atomic E-state index is 13.7. The van der Waals surface area contributed by atoms with Gasteiger partial charge in [0.15, 0.2) is 0 Å². The summed E-state index contributed by atoms with van der Waals surface area (Å²) in [6, 6.07) is 4.00. The molecule has 0 aliphatic carbocycles. The zero-order valence-corrected chi connectivity index (χ0v) is 14.0. The van der Waals surface area contributed by atoms with Gasteiger partial charge in [-0.1, -0.05) is 15.9 Å². The first kappa shape index (κ1) is 17.9. The van der Waals surface area contributed by atoms with Gasteiger partial charge in [-0.15, -0.1) is 0 Å². The molecule has 1 rings (SSSR count). The quantitative estimate of drug-likeness (QED) is 0.677. The number of rotatable bonds is 5. The first-order valence-corrected chi connectivity index (χ1v) is 8.35. The summed E-state index contributed by atoms with van der Waals surface area (Å²) < 4.78 is 52.1. The predicted molar refractivity (Wildman–Crippen MR) is 80.2 cm³/mol. The van der Waals surface area contributed by atoms with Gasteiger partial charge in [0.25, 0.3) is 0 Å². The van der Waals surface area contributed by atoms with Crippen molar-refractivity contribution >= 4 is 27.1 Å². The summed E-state index contributed by atoms with van der Waals surface area (Å²) in [5.41, 5.74) is -0.0275. The van der Waals surface area contributed by atoms with Crippen LogP contribution in [0.5, 0.6) is 0 Å². The highest BCUT2D eigenvalue weighted by molar-refractivity contribution is 9.10. The lowest BCUT2D eigenvalue weighted by Crippen LogP contribution is -2.31. The molecule has 0 aromatic heterocycles. The Morgan fingerprint density at radius 2 is 1.90 bits per heavy atom. The summed E-state index contributed by atoms with van der Waals surface area (Å²) >= 11 is 1.93. The first-order chi connectivity index (χ1) is 9.12. The molecule has 0 radical (unpaired) electrons. The SMILES string of the molecule is CC(C)(C)[S+]([O-])CC[C@H](c1cc(Br)ccc1F)C(F)F. The zero-order valence-electron chi connectivity index (χ0n) is 11.6. The Morgan fingerprint density at radius 1 is 1.30 bits per heavy atom. The van der Waals surface area contributed by atoms with Crippen molar-refractivity contribution < 1.29 is 17.7 Å². The molecule has 2 atom stereocenters. The van der Waals surface area contributed by atoms with E-state index in [1.807, 2.05) is 0 Å². The van der Waals surface area contributed by atoms with Crippen LogP contribution in [0.3, 0.4) is 0 Å². The number of halogens is 4. The molecule has 20 heavy (non-hydrogen) atoms. The molecule has 0 heterocycles. The van der Waals surface area contributed by atoms with E-state index in [9.17, 15) is 17.7 Å². The van der Waals surface area contributed by atoms with E-state index in [1.165, 1.54) is 12.1 Å². The van der Waals surface area contributed by atoms with Gasteiger partial charge in [-0.3, -0.25) is 0 Å². The summed E-state index contributed by atoms with van der Waals surface area (Å²) in [4.78, 5) is 0. The van der Waals surface area contributed by atoms with Crippen LogP contribution in [-0.2, 0) is 11.2 Å². The van der Waals surface area contributed by atoms with E-state index in [0.717, 1.165) is 6.07 Å². The summed E-state index contributed by atoms with van der Waals surface area (Å²) in [5.74, 6) is -1.76. The smallest absolute Gasteiger partial charge is 0.245 e. The van der Waals surface area contributed by atoms with E-state index in [4.69, 9.17) is 0 Å². The van der Waals surface area contributed by atoms with Crippen LogP contribution in [0.4, 0.5) is 13.2 Å². The number of benzene rings is 1. The van der Waals surface area contributed by atoms with E-state index in [0.29, 0.717) is 4.47 Å². The highest BCUT2D eigenvalue weighted by Crippen LogP contribution is 2.32. The highest BCUT2D eigenvalue weighted by Gasteiger charge is 2.31. The molecular weight excluding hydrogens is 353 g/mol. The average Bonchev–Trinajstić information content (AvgIpc) is 2.31. The van der Waals surface area contributed by atoms with Crippen LogP contribution in [0.15, 0.2) is 22.7 Å². The molecule has 0 fully saturated rings. The molecular formula is C14H18BrF3OS. The van der Waals surface area contributed by atoms with Crippen molar-refractivity contribution in [3.05, 3.63) is 34.1 Å². The van der Waals surface area contributed by atoms with Crippen LogP contribution in [0, 0.1) is 5.82 Å². The van der Waals surface area contributed by atoms with Gasteiger partial charge in [0, 0.05) is 10.9 Å². The molecule has 1 unspecified atom stereocenters. The molecule has 0 aliphatic rings. The van der Waals surface area contributed by atoms with Crippen LogP contribution in [0.2, 0.25) is 0 Å². The zero-order chi connectivity index (χ0) is 15.5. The van der Waals surface area contributed by atoms with Crippen molar-refractivity contribution in [1.29, 1.82) is 0 Å². The van der Waals surface area contributed by atoms with Gasteiger partial charge in [-0.05, 0) is 55.7 Å². The van der Waals surface area contributed by atoms with Crippen molar-refractivity contribution in [2.45, 2.75) is 44.3 Å². The molecule has 0 saturated heterocycles. The van der Waals surface area contributed by atoms with Gasteiger partial charge < -0.3 is 4.55 Å². The molecule has 0 bridgehead atoms. The minimum atomic E-state index is -2.68. The molecule has 0 N–H and O–H groups in total. The molecule has 1 aromatic rings. The van der Waals surface area contributed by atoms with Crippen molar-refractivity contribution in [2.75, 3.05) is 5.75 Å². The fourth-order valence-electron chi connectivity index (χ4n) is 1.76. The maximum Gasteiger partial charge on any atom is 0.245 e. The number of hydrogen-bond donors (Lipinski definition) is 0. The highest BCUT2D eigenvalue weighted by atomic mass is 79.9. The number of hydrogen-bond acceptors (Lipinski definition) is 1. The van der Waals surface area contributed by atoms with Crippen molar-refractivity contribution in [2.24, 2.45) is 0 Å². The summed E-state index contributed by atoms with van der Waals surface area (Å²) in [6.45, 7) is 5.38. The van der Waals surface area contributed by atoms with Crippen molar-refractivity contribution in [1.82, 2.24) is 0 Å². The van der Waals surface area contributed by atoms with Crippen LogP contribution >= 0.6 is 15.9 Å². The van der Waals surface area contributed by atoms with Crippen molar-refractivity contribution in [3.63, 3.8) is 0 Å². The first-order valence-electron chi connectivity index (χ1n) is 6.24. The van der Waals surface area contributed by atoms with Gasteiger partial charge in [-0.25, -0.2) is 13.2 Å². The normalized spacial score (nSPS) is 15.4. The van der Waals surface area contributed by atoms with Gasteiger partial charge in [0.2, 0.25) is 6.43 Å². The predicted octanol–water partition coefficient (Wildman–Crippen LogP) is 4.87. The van der Waals surface area contributed by atoms with E-state index < -0.39 is 34.1 Å². The summed E-state index contributed by atoms with van der Waals surface area (Å²) in [6.07, 6.45) is -2.69. The summed E-state index contributed by atoms with van der Waals surface area (Å²) in [7, 11) is 0. The lowest BCUT2D eigenvalue weighted by atomic mass is 9.96. The van der Waals surface area contributed by atoms with Gasteiger partial charge in [-0.2, -0.15) is 0 Å². The molecule has 0 amide bonds. The molecule has 0 aliphatic heterocycles. The van der Waals surface area contributed by atoms with Crippen LogP contribution in [0.25, 0.3) is 0 Å². The van der Waals surface area contributed by atoms with E-state index in [2.05, 4.69) is 15.9 Å². The minimum Gasteiger partial charge on any atom is -0.616 e. The van der Waals surface area contributed by atoms with Crippen LogP contribution in [-0.4, -0.2) is 21.5 Å². The second kappa shape index (κ2) is 7.18. The molecule has 1 nitrogen and oxygen atoms in total. The fourth-order valence-corrected chi connectivity index (χ4v) is 3.22. The van der Waals surface area contributed by atoms with Gasteiger partial charge in [0.05, 0.1) is 5.92 Å². The molecule has 114 valence electrons. The average molecular weight is 371 g/mol. The summed E-state index contributed by atoms with van der Waals surface area (Å²) in [5, 5.41) is 0. The Balaban J connectivity index is 2.88. The molecule has 0 saturated carbocycles. The maximum atomic E-state index is 13.7. The Morgan fingerprint density at radius 3 is 2.40 bits per heavy atom. The Kier molecular flexibility index (Phi) is 6.41. The largest absolute Gasteiger partial charge is 0.616 e. The van der Waals surface area contributed by atoms with Crippen LogP contribution in [0.1, 0.15) is 38.7 Å². The second-order valence-electron chi connectivity index (χ2n) is 5.56. The Bertz CT molecular complexity index is 449. The molecule has 6 heteroatoms. The third-order valence-corrected chi connectivity index (χ3v) is 5.42. The van der Waals surface area contributed by atoms with E-state index >= 15 is 0 Å². The van der Waals surface area contributed by atoms with Gasteiger partial charge >= 0.3 is 0 Å². The Hall–Kier alpha value is -0.200. The van der Waals surface area contributed by atoms with Crippen molar-refractivity contribution in [3.8, 4) is 0 Å². The van der Waals surface area contributed by atoms with Crippen LogP contribution < -0.4 is 0 Å². The topological polar surface area (TPSA) is 23.1 Å². The lowest BCUT2D eigenvalue weighted by Gasteiger charge is -2.26. The number of alkyl halides is 2. The minimum absolute atomic E-state index is 0.00504. The molecule has 1 aromatic carbocycles. The monoisotopic (exact) mass is 370 g/mol. The van der Waals surface area contributed by atoms with E-state index in [1.54, 1.807) is 20.8 Å².